The molecule has 0 aliphatic heterocycles. The molecular weight excluding hydrogens is 370 g/mol. The van der Waals surface area contributed by atoms with Crippen LogP contribution in [0.2, 0.25) is 0 Å². The molecule has 2 N–H and O–H groups in total. The van der Waals surface area contributed by atoms with Crippen LogP contribution in [0.3, 0.4) is 0 Å². The second-order valence-corrected chi connectivity index (χ2v) is 7.03. The number of hydrogen-bond acceptors (Lipinski definition) is 5. The molecule has 2 rings (SSSR count). The fourth-order valence-electron chi connectivity index (χ4n) is 2.80. The highest BCUT2D eigenvalue weighted by atomic mass is 16.5. The zero-order valence-corrected chi connectivity index (χ0v) is 17.4. The Balaban J connectivity index is 2.02. The summed E-state index contributed by atoms with van der Waals surface area (Å²) >= 11 is 0. The van der Waals surface area contributed by atoms with Crippen molar-refractivity contribution in [2.24, 2.45) is 0 Å². The first-order chi connectivity index (χ1) is 13.7. The molecular formula is C23H27NO5. The van der Waals surface area contributed by atoms with Gasteiger partial charge in [0.1, 0.15) is 0 Å². The number of para-hydroxylation sites is 1. The normalized spacial score (nSPS) is 12.1. The average molecular weight is 397 g/mol. The first-order valence-corrected chi connectivity index (χ1v) is 9.39. The molecule has 6 heteroatoms. The lowest BCUT2D eigenvalue weighted by Gasteiger charge is -2.18. The van der Waals surface area contributed by atoms with Crippen molar-refractivity contribution in [1.29, 1.82) is 0 Å². The average Bonchev–Trinajstić information content (AvgIpc) is 2.68. The van der Waals surface area contributed by atoms with Gasteiger partial charge in [0.25, 0.3) is 5.91 Å². The summed E-state index contributed by atoms with van der Waals surface area (Å²) in [5.74, 6) is -0.488. The highest BCUT2D eigenvalue weighted by Gasteiger charge is 2.19. The number of amides is 1. The van der Waals surface area contributed by atoms with Gasteiger partial charge in [0.15, 0.2) is 17.6 Å². The molecule has 1 amide bonds. The summed E-state index contributed by atoms with van der Waals surface area (Å²) < 4.78 is 10.2. The fourth-order valence-corrected chi connectivity index (χ4v) is 2.80. The Hall–Kier alpha value is -3.28. The van der Waals surface area contributed by atoms with Crippen molar-refractivity contribution >= 4 is 23.6 Å². The van der Waals surface area contributed by atoms with Crippen molar-refractivity contribution < 1.29 is 24.2 Å². The van der Waals surface area contributed by atoms with Crippen molar-refractivity contribution in [3.05, 3.63) is 59.2 Å². The summed E-state index contributed by atoms with van der Waals surface area (Å²) in [6.45, 7) is 7.55. The third-order valence-electron chi connectivity index (χ3n) is 4.45. The number of methoxy groups -OCH3 is 1. The van der Waals surface area contributed by atoms with Crippen LogP contribution >= 0.6 is 0 Å². The van der Waals surface area contributed by atoms with E-state index < -0.39 is 18.0 Å². The molecule has 1 atom stereocenters. The van der Waals surface area contributed by atoms with Gasteiger partial charge in [0.05, 0.1) is 7.11 Å². The minimum Gasteiger partial charge on any atom is -0.504 e. The van der Waals surface area contributed by atoms with E-state index in [4.69, 9.17) is 9.47 Å². The highest BCUT2D eigenvalue weighted by molar-refractivity contribution is 5.97. The second-order valence-electron chi connectivity index (χ2n) is 7.03. The van der Waals surface area contributed by atoms with Gasteiger partial charge in [-0.15, -0.1) is 0 Å². The summed E-state index contributed by atoms with van der Waals surface area (Å²) in [5, 5.41) is 12.5. The van der Waals surface area contributed by atoms with Crippen molar-refractivity contribution in [3.8, 4) is 11.5 Å². The second kappa shape index (κ2) is 9.78. The van der Waals surface area contributed by atoms with Crippen LogP contribution in [0.25, 0.3) is 6.08 Å². The molecule has 0 saturated heterocycles. The van der Waals surface area contributed by atoms with E-state index in [-0.39, 0.29) is 11.7 Å². The quantitative estimate of drug-likeness (QED) is 0.534. The highest BCUT2D eigenvalue weighted by Crippen LogP contribution is 2.28. The zero-order chi connectivity index (χ0) is 21.6. The van der Waals surface area contributed by atoms with Gasteiger partial charge in [0, 0.05) is 11.8 Å². The number of ether oxygens (including phenoxy) is 2. The molecule has 0 aliphatic carbocycles. The number of phenols is 1. The number of carbonyl (C=O) groups is 2. The molecule has 2 aromatic carbocycles. The van der Waals surface area contributed by atoms with Gasteiger partial charge in [0.2, 0.25) is 0 Å². The third-order valence-corrected chi connectivity index (χ3v) is 4.45. The fraction of sp³-hybridized carbons (Fsp3) is 0.304. The number of esters is 1. The largest absolute Gasteiger partial charge is 0.504 e. The van der Waals surface area contributed by atoms with Crippen LogP contribution in [0.5, 0.6) is 11.5 Å². The Labute approximate surface area is 171 Å². The Morgan fingerprint density at radius 3 is 2.52 bits per heavy atom. The summed E-state index contributed by atoms with van der Waals surface area (Å²) in [7, 11) is 1.44. The lowest BCUT2D eigenvalue weighted by atomic mass is 9.98. The standard InChI is InChI=1S/C23H27NO5/c1-14(2)18-8-6-7-15(3)22(18)24-23(27)16(4)29-21(26)12-10-17-9-11-19(25)20(13-17)28-5/h6-14,16,25H,1-5H3,(H,24,27)/b12-10+/t16-/m1/s1. The van der Waals surface area contributed by atoms with Gasteiger partial charge in [-0.25, -0.2) is 4.79 Å². The van der Waals surface area contributed by atoms with Gasteiger partial charge in [-0.1, -0.05) is 38.1 Å². The SMILES string of the molecule is COc1cc(/C=C/C(=O)O[C@H](C)C(=O)Nc2c(C)cccc2C(C)C)ccc1O. The smallest absolute Gasteiger partial charge is 0.331 e. The van der Waals surface area contributed by atoms with E-state index in [1.54, 1.807) is 12.1 Å². The van der Waals surface area contributed by atoms with Crippen LogP contribution < -0.4 is 10.1 Å². The summed E-state index contributed by atoms with van der Waals surface area (Å²) in [6, 6.07) is 10.5. The van der Waals surface area contributed by atoms with Gasteiger partial charge in [-0.05, 0) is 54.7 Å². The minimum atomic E-state index is -0.957. The third kappa shape index (κ3) is 5.85. The van der Waals surface area contributed by atoms with E-state index in [1.165, 1.54) is 32.3 Å². The Bertz CT molecular complexity index is 917. The van der Waals surface area contributed by atoms with Crippen LogP contribution in [-0.2, 0) is 14.3 Å². The van der Waals surface area contributed by atoms with Gasteiger partial charge in [-0.3, -0.25) is 4.79 Å². The Kier molecular flexibility index (Phi) is 7.42. The van der Waals surface area contributed by atoms with Crippen LogP contribution in [0.1, 0.15) is 43.4 Å². The van der Waals surface area contributed by atoms with Gasteiger partial charge >= 0.3 is 5.97 Å². The van der Waals surface area contributed by atoms with Crippen LogP contribution in [-0.4, -0.2) is 30.2 Å². The minimum absolute atomic E-state index is 0.00879. The maximum Gasteiger partial charge on any atom is 0.331 e. The molecule has 6 nitrogen and oxygen atoms in total. The molecule has 0 fully saturated rings. The predicted molar refractivity (Wildman–Crippen MR) is 113 cm³/mol. The number of aromatic hydroxyl groups is 1. The van der Waals surface area contributed by atoms with E-state index in [0.717, 1.165) is 16.8 Å². The van der Waals surface area contributed by atoms with E-state index >= 15 is 0 Å². The zero-order valence-electron chi connectivity index (χ0n) is 17.4. The van der Waals surface area contributed by atoms with Crippen LogP contribution in [0.15, 0.2) is 42.5 Å². The van der Waals surface area contributed by atoms with Crippen molar-refractivity contribution in [3.63, 3.8) is 0 Å². The lowest BCUT2D eigenvalue weighted by Crippen LogP contribution is -2.30. The lowest BCUT2D eigenvalue weighted by molar-refractivity contribution is -0.148. The molecule has 0 radical (unpaired) electrons. The van der Waals surface area contributed by atoms with E-state index in [1.807, 2.05) is 25.1 Å². The molecule has 0 bridgehead atoms. The molecule has 154 valence electrons. The first kappa shape index (κ1) is 22.0. The number of rotatable bonds is 7. The number of aryl methyl sites for hydroxylation is 1. The number of nitrogens with one attached hydrogen (secondary N) is 1. The maximum atomic E-state index is 12.5. The number of benzene rings is 2. The van der Waals surface area contributed by atoms with E-state index in [9.17, 15) is 14.7 Å². The number of carbonyl (C=O) groups excluding carboxylic acids is 2. The summed E-state index contributed by atoms with van der Waals surface area (Å²) in [6.07, 6.45) is 1.79. The summed E-state index contributed by atoms with van der Waals surface area (Å²) in [5.41, 5.74) is 3.37. The summed E-state index contributed by atoms with van der Waals surface area (Å²) in [4.78, 5) is 24.6. The topological polar surface area (TPSA) is 84.9 Å². The van der Waals surface area contributed by atoms with E-state index in [2.05, 4.69) is 19.2 Å². The molecule has 0 heterocycles. The Morgan fingerprint density at radius 1 is 1.14 bits per heavy atom. The number of phenolic OH excluding ortho intramolecular Hbond substituents is 1. The molecule has 29 heavy (non-hydrogen) atoms. The molecule has 0 spiro atoms. The monoisotopic (exact) mass is 397 g/mol. The molecule has 0 aromatic heterocycles. The van der Waals surface area contributed by atoms with E-state index in [0.29, 0.717) is 11.3 Å². The number of anilines is 1. The molecule has 0 saturated carbocycles. The Morgan fingerprint density at radius 2 is 1.86 bits per heavy atom. The first-order valence-electron chi connectivity index (χ1n) is 9.39. The molecule has 0 aliphatic rings. The van der Waals surface area contributed by atoms with Crippen molar-refractivity contribution in [1.82, 2.24) is 0 Å². The molecule has 0 unspecified atom stereocenters. The predicted octanol–water partition coefficient (Wildman–Crippen LogP) is 4.42. The maximum absolute atomic E-state index is 12.5. The van der Waals surface area contributed by atoms with Crippen LogP contribution in [0.4, 0.5) is 5.69 Å². The molecule has 2 aromatic rings. The number of hydrogen-bond donors (Lipinski definition) is 2. The van der Waals surface area contributed by atoms with Gasteiger partial charge < -0.3 is 19.9 Å². The van der Waals surface area contributed by atoms with Crippen molar-refractivity contribution in [2.75, 3.05) is 12.4 Å². The van der Waals surface area contributed by atoms with Gasteiger partial charge in [-0.2, -0.15) is 0 Å². The van der Waals surface area contributed by atoms with Crippen molar-refractivity contribution in [2.45, 2.75) is 39.7 Å². The van der Waals surface area contributed by atoms with Crippen LogP contribution in [0, 0.1) is 6.92 Å².